The maximum absolute atomic E-state index is 12.6. The highest BCUT2D eigenvalue weighted by Crippen LogP contribution is 2.33. The molecule has 2 amide bonds. The van der Waals surface area contributed by atoms with Gasteiger partial charge in [-0.1, -0.05) is 24.3 Å². The molecule has 24 heavy (non-hydrogen) atoms. The molecule has 1 aliphatic rings. The number of carbonyl (C=O) groups is 2. The number of hydrogen-bond acceptors (Lipinski definition) is 5. The van der Waals surface area contributed by atoms with Crippen LogP contribution in [0.5, 0.6) is 5.75 Å². The number of amides is 2. The lowest BCUT2D eigenvalue weighted by atomic mass is 10.0. The van der Waals surface area contributed by atoms with Gasteiger partial charge >= 0.3 is 6.01 Å². The van der Waals surface area contributed by atoms with Crippen LogP contribution in [-0.2, 0) is 9.59 Å². The molecule has 0 saturated heterocycles. The Labute approximate surface area is 136 Å². The fourth-order valence-corrected chi connectivity index (χ4v) is 2.46. The average molecular weight is 323 g/mol. The van der Waals surface area contributed by atoms with Gasteiger partial charge in [0, 0.05) is 0 Å². The van der Waals surface area contributed by atoms with Crippen LogP contribution in [0.4, 0.5) is 11.7 Å². The summed E-state index contributed by atoms with van der Waals surface area (Å²) in [6.07, 6.45) is 0. The topological polar surface area (TPSA) is 93.5 Å². The van der Waals surface area contributed by atoms with Crippen LogP contribution in [-0.4, -0.2) is 22.4 Å². The molecular formula is C17H13N3O4. The summed E-state index contributed by atoms with van der Waals surface area (Å²) >= 11 is 0. The molecule has 2 N–H and O–H groups in total. The van der Waals surface area contributed by atoms with E-state index in [0.29, 0.717) is 22.5 Å². The normalized spacial score (nSPS) is 19.3. The Balaban J connectivity index is 1.62. The van der Waals surface area contributed by atoms with Crippen molar-refractivity contribution in [1.82, 2.24) is 4.98 Å². The third kappa shape index (κ3) is 2.18. The summed E-state index contributed by atoms with van der Waals surface area (Å²) in [5, 5.41) is 5.17. The minimum Gasteiger partial charge on any atom is -0.466 e. The van der Waals surface area contributed by atoms with Gasteiger partial charge < -0.3 is 14.5 Å². The summed E-state index contributed by atoms with van der Waals surface area (Å²) in [4.78, 5) is 29.1. The summed E-state index contributed by atoms with van der Waals surface area (Å²) in [7, 11) is 0. The molecule has 0 saturated carbocycles. The SMILES string of the molecule is CC1(C(=O)Nc2nc3ccccc3o2)Oc2ccccc2NC1=O. The van der Waals surface area contributed by atoms with E-state index < -0.39 is 17.4 Å². The van der Waals surface area contributed by atoms with Crippen molar-refractivity contribution in [2.24, 2.45) is 0 Å². The lowest BCUT2D eigenvalue weighted by molar-refractivity contribution is -0.143. The molecule has 0 radical (unpaired) electrons. The van der Waals surface area contributed by atoms with Gasteiger partial charge in [-0.05, 0) is 31.2 Å². The van der Waals surface area contributed by atoms with Crippen LogP contribution in [0.2, 0.25) is 0 Å². The molecule has 4 rings (SSSR count). The molecule has 1 aromatic heterocycles. The highest BCUT2D eigenvalue weighted by atomic mass is 16.5. The van der Waals surface area contributed by atoms with Gasteiger partial charge in [0.1, 0.15) is 11.3 Å². The third-order valence-electron chi connectivity index (χ3n) is 3.83. The molecule has 0 bridgehead atoms. The molecule has 1 aliphatic heterocycles. The van der Waals surface area contributed by atoms with Crippen LogP contribution in [0.25, 0.3) is 11.1 Å². The molecule has 1 atom stereocenters. The largest absolute Gasteiger partial charge is 0.466 e. The molecule has 120 valence electrons. The number of benzene rings is 2. The Kier molecular flexibility index (Phi) is 3.02. The number of fused-ring (bicyclic) bond motifs is 2. The van der Waals surface area contributed by atoms with Crippen molar-refractivity contribution in [1.29, 1.82) is 0 Å². The Morgan fingerprint density at radius 2 is 1.92 bits per heavy atom. The number of anilines is 2. The minimum atomic E-state index is -1.73. The summed E-state index contributed by atoms with van der Waals surface area (Å²) in [6.45, 7) is 1.40. The number of ether oxygens (including phenoxy) is 1. The van der Waals surface area contributed by atoms with Crippen molar-refractivity contribution in [2.45, 2.75) is 12.5 Å². The summed E-state index contributed by atoms with van der Waals surface area (Å²) in [5.74, 6) is -0.803. The maximum Gasteiger partial charge on any atom is 0.302 e. The zero-order chi connectivity index (χ0) is 16.7. The van der Waals surface area contributed by atoms with Crippen LogP contribution in [0.3, 0.4) is 0 Å². The van der Waals surface area contributed by atoms with Crippen molar-refractivity contribution in [3.05, 3.63) is 48.5 Å². The first-order chi connectivity index (χ1) is 11.6. The number of hydrogen-bond donors (Lipinski definition) is 2. The van der Waals surface area contributed by atoms with Crippen LogP contribution >= 0.6 is 0 Å². The molecule has 0 aliphatic carbocycles. The van der Waals surface area contributed by atoms with E-state index in [1.54, 1.807) is 42.5 Å². The van der Waals surface area contributed by atoms with E-state index in [2.05, 4.69) is 15.6 Å². The standard InChI is InChI=1S/C17H13N3O4/c1-17(14(21)18-11-7-3-5-9-13(11)24-17)15(22)20-16-19-10-6-2-4-8-12(10)23-16/h2-9H,1H3,(H,18,21)(H,19,20,22). The minimum absolute atomic E-state index is 0.0117. The molecular weight excluding hydrogens is 310 g/mol. The predicted octanol–water partition coefficient (Wildman–Crippen LogP) is 2.56. The second-order valence-corrected chi connectivity index (χ2v) is 5.53. The number of rotatable bonds is 2. The lowest BCUT2D eigenvalue weighted by Gasteiger charge is -2.32. The number of oxazole rings is 1. The first-order valence-electron chi connectivity index (χ1n) is 7.33. The molecule has 7 heteroatoms. The van der Waals surface area contributed by atoms with Crippen molar-refractivity contribution in [2.75, 3.05) is 10.6 Å². The van der Waals surface area contributed by atoms with Gasteiger partial charge in [0.25, 0.3) is 17.4 Å². The number of nitrogens with one attached hydrogen (secondary N) is 2. The first-order valence-corrected chi connectivity index (χ1v) is 7.33. The monoisotopic (exact) mass is 323 g/mol. The van der Waals surface area contributed by atoms with Crippen LogP contribution in [0.1, 0.15) is 6.92 Å². The van der Waals surface area contributed by atoms with E-state index in [4.69, 9.17) is 9.15 Å². The van der Waals surface area contributed by atoms with Gasteiger partial charge in [0.05, 0.1) is 5.69 Å². The van der Waals surface area contributed by atoms with E-state index >= 15 is 0 Å². The number of carbonyl (C=O) groups excluding carboxylic acids is 2. The predicted molar refractivity (Wildman–Crippen MR) is 86.7 cm³/mol. The lowest BCUT2D eigenvalue weighted by Crippen LogP contribution is -2.56. The fraction of sp³-hybridized carbons (Fsp3) is 0.118. The van der Waals surface area contributed by atoms with Gasteiger partial charge in [-0.25, -0.2) is 0 Å². The zero-order valence-electron chi connectivity index (χ0n) is 12.7. The quantitative estimate of drug-likeness (QED) is 0.707. The molecule has 1 unspecified atom stereocenters. The van der Waals surface area contributed by atoms with Crippen LogP contribution < -0.4 is 15.4 Å². The van der Waals surface area contributed by atoms with Crippen molar-refractivity contribution in [3.8, 4) is 5.75 Å². The highest BCUT2D eigenvalue weighted by molar-refractivity contribution is 6.18. The molecule has 3 aromatic rings. The van der Waals surface area contributed by atoms with Gasteiger partial charge in [-0.2, -0.15) is 4.98 Å². The van der Waals surface area contributed by atoms with Gasteiger partial charge in [0.2, 0.25) is 0 Å². The van der Waals surface area contributed by atoms with E-state index in [9.17, 15) is 9.59 Å². The van der Waals surface area contributed by atoms with E-state index in [0.717, 1.165) is 0 Å². The summed E-state index contributed by atoms with van der Waals surface area (Å²) < 4.78 is 11.1. The average Bonchev–Trinajstić information content (AvgIpc) is 2.98. The molecule has 2 aromatic carbocycles. The Morgan fingerprint density at radius 1 is 1.17 bits per heavy atom. The van der Waals surface area contributed by atoms with Crippen molar-refractivity contribution in [3.63, 3.8) is 0 Å². The second-order valence-electron chi connectivity index (χ2n) is 5.53. The summed E-state index contributed by atoms with van der Waals surface area (Å²) in [6, 6.07) is 14.0. The highest BCUT2D eigenvalue weighted by Gasteiger charge is 2.47. The zero-order valence-corrected chi connectivity index (χ0v) is 12.7. The van der Waals surface area contributed by atoms with Crippen molar-refractivity contribution < 1.29 is 18.7 Å². The smallest absolute Gasteiger partial charge is 0.302 e. The molecule has 0 fully saturated rings. The van der Waals surface area contributed by atoms with Gasteiger partial charge in [-0.3, -0.25) is 14.9 Å². The van der Waals surface area contributed by atoms with Crippen LogP contribution in [0.15, 0.2) is 52.9 Å². The van der Waals surface area contributed by atoms with Gasteiger partial charge in [-0.15, -0.1) is 0 Å². The number of nitrogens with zero attached hydrogens (tertiary/aromatic N) is 1. The van der Waals surface area contributed by atoms with Gasteiger partial charge in [0.15, 0.2) is 5.58 Å². The fourth-order valence-electron chi connectivity index (χ4n) is 2.46. The Morgan fingerprint density at radius 3 is 2.75 bits per heavy atom. The van der Waals surface area contributed by atoms with E-state index in [1.165, 1.54) is 6.92 Å². The van der Waals surface area contributed by atoms with E-state index in [1.807, 2.05) is 6.07 Å². The molecule has 7 nitrogen and oxygen atoms in total. The van der Waals surface area contributed by atoms with Crippen LogP contribution in [0, 0.1) is 0 Å². The number of para-hydroxylation sites is 4. The third-order valence-corrected chi connectivity index (χ3v) is 3.83. The second kappa shape index (κ2) is 5.09. The molecule has 2 heterocycles. The van der Waals surface area contributed by atoms with E-state index in [-0.39, 0.29) is 6.01 Å². The first kappa shape index (κ1) is 14.3. The summed E-state index contributed by atoms with van der Waals surface area (Å²) in [5.41, 5.74) is -0.0566. The Hall–Kier alpha value is -3.35. The van der Waals surface area contributed by atoms with Crippen molar-refractivity contribution >= 4 is 34.6 Å². The number of aromatic nitrogens is 1. The Bertz CT molecular complexity index is 932. The maximum atomic E-state index is 12.6. The molecule has 0 spiro atoms.